The normalized spacial score (nSPS) is 38.8. The predicted octanol–water partition coefficient (Wildman–Crippen LogP) is 2.44. The van der Waals surface area contributed by atoms with Crippen LogP contribution in [0.15, 0.2) is 0 Å². The van der Waals surface area contributed by atoms with Crippen molar-refractivity contribution in [3.63, 3.8) is 0 Å². The molecular weight excluding hydrogens is 146 g/mol. The fourth-order valence-electron chi connectivity index (χ4n) is 3.07. The van der Waals surface area contributed by atoms with Crippen LogP contribution in [0.25, 0.3) is 0 Å². The van der Waals surface area contributed by atoms with Gasteiger partial charge in [-0.3, -0.25) is 0 Å². The molecule has 2 fully saturated rings. The van der Waals surface area contributed by atoms with E-state index >= 15 is 0 Å². The molecule has 1 radical (unpaired) electrons. The maximum atomic E-state index is 4.42. The predicted molar refractivity (Wildman–Crippen MR) is 51.1 cm³/mol. The van der Waals surface area contributed by atoms with Crippen molar-refractivity contribution in [1.82, 2.24) is 5.32 Å². The third-order valence-corrected chi connectivity index (χ3v) is 3.85. The largest absolute Gasteiger partial charge is 0.242 e. The lowest BCUT2D eigenvalue weighted by Gasteiger charge is -2.29. The number of piperidine rings is 1. The second kappa shape index (κ2) is 3.78. The summed E-state index contributed by atoms with van der Waals surface area (Å²) in [4.78, 5) is 0. The summed E-state index contributed by atoms with van der Waals surface area (Å²) in [6, 6.07) is 0. The zero-order chi connectivity index (χ0) is 8.39. The van der Waals surface area contributed by atoms with Crippen molar-refractivity contribution in [3.05, 3.63) is 0 Å². The minimum Gasteiger partial charge on any atom is -0.242 e. The van der Waals surface area contributed by atoms with E-state index in [0.717, 1.165) is 30.8 Å². The van der Waals surface area contributed by atoms with Gasteiger partial charge in [-0.05, 0) is 37.0 Å². The highest BCUT2D eigenvalue weighted by Gasteiger charge is 2.31. The molecule has 0 aromatic carbocycles. The fourth-order valence-corrected chi connectivity index (χ4v) is 3.07. The topological polar surface area (TPSA) is 14.1 Å². The van der Waals surface area contributed by atoms with Gasteiger partial charge in [0.15, 0.2) is 0 Å². The van der Waals surface area contributed by atoms with E-state index in [0.29, 0.717) is 0 Å². The van der Waals surface area contributed by atoms with Crippen LogP contribution in [0.1, 0.15) is 39.0 Å². The molecule has 1 saturated heterocycles. The van der Waals surface area contributed by atoms with Crippen molar-refractivity contribution >= 4 is 0 Å². The molecule has 2 rings (SSSR count). The van der Waals surface area contributed by atoms with Gasteiger partial charge >= 0.3 is 0 Å². The Labute approximate surface area is 75.9 Å². The van der Waals surface area contributed by atoms with Gasteiger partial charge in [0.25, 0.3) is 0 Å². The molecule has 69 valence electrons. The van der Waals surface area contributed by atoms with Crippen LogP contribution in [0.2, 0.25) is 0 Å². The molecule has 1 heterocycles. The van der Waals surface area contributed by atoms with E-state index in [2.05, 4.69) is 12.2 Å². The first-order valence-electron chi connectivity index (χ1n) is 5.51. The molecule has 0 N–H and O–H groups in total. The lowest BCUT2D eigenvalue weighted by molar-refractivity contribution is 0.219. The lowest BCUT2D eigenvalue weighted by Crippen LogP contribution is -2.28. The average molecular weight is 166 g/mol. The highest BCUT2D eigenvalue weighted by atomic mass is 14.9. The summed E-state index contributed by atoms with van der Waals surface area (Å²) in [5, 5.41) is 4.42. The second-order valence-electron chi connectivity index (χ2n) is 4.58. The Kier molecular flexibility index (Phi) is 2.69. The third-order valence-electron chi connectivity index (χ3n) is 3.85. The molecule has 2 unspecified atom stereocenters. The third kappa shape index (κ3) is 1.66. The molecular formula is C11H20N. The number of nitrogens with zero attached hydrogens (tertiary/aromatic N) is 1. The van der Waals surface area contributed by atoms with Crippen molar-refractivity contribution in [1.29, 1.82) is 0 Å². The zero-order valence-corrected chi connectivity index (χ0v) is 8.13. The van der Waals surface area contributed by atoms with E-state index in [9.17, 15) is 0 Å². The minimum absolute atomic E-state index is 1.01. The van der Waals surface area contributed by atoms with Gasteiger partial charge in [0.2, 0.25) is 0 Å². The van der Waals surface area contributed by atoms with E-state index in [1.165, 1.54) is 32.1 Å². The quantitative estimate of drug-likeness (QED) is 0.568. The van der Waals surface area contributed by atoms with Crippen molar-refractivity contribution in [2.45, 2.75) is 39.0 Å². The van der Waals surface area contributed by atoms with E-state index in [1.807, 2.05) is 0 Å². The number of rotatable bonds is 1. The molecule has 0 aromatic heterocycles. The minimum atomic E-state index is 1.01. The van der Waals surface area contributed by atoms with Gasteiger partial charge < -0.3 is 0 Å². The molecule has 1 saturated carbocycles. The molecule has 1 heteroatoms. The molecule has 0 amide bonds. The van der Waals surface area contributed by atoms with Crippen LogP contribution in [0.5, 0.6) is 0 Å². The van der Waals surface area contributed by atoms with E-state index < -0.39 is 0 Å². The Bertz CT molecular complexity index is 138. The van der Waals surface area contributed by atoms with Gasteiger partial charge in [0.1, 0.15) is 0 Å². The maximum absolute atomic E-state index is 4.42. The smallest absolute Gasteiger partial charge is 0.0136 e. The number of hydrogen-bond acceptors (Lipinski definition) is 0. The van der Waals surface area contributed by atoms with Crippen molar-refractivity contribution in [2.75, 3.05) is 13.1 Å². The van der Waals surface area contributed by atoms with Crippen LogP contribution in [0.4, 0.5) is 0 Å². The van der Waals surface area contributed by atoms with Crippen LogP contribution in [-0.4, -0.2) is 13.1 Å². The monoisotopic (exact) mass is 166 g/mol. The zero-order valence-electron chi connectivity index (χ0n) is 8.13. The molecule has 2 aliphatic rings. The van der Waals surface area contributed by atoms with Crippen LogP contribution in [-0.2, 0) is 0 Å². The maximum Gasteiger partial charge on any atom is 0.0136 e. The first-order chi connectivity index (χ1) is 5.88. The highest BCUT2D eigenvalue weighted by molar-refractivity contribution is 4.83. The van der Waals surface area contributed by atoms with Crippen molar-refractivity contribution < 1.29 is 0 Å². The summed E-state index contributed by atoms with van der Waals surface area (Å²) >= 11 is 0. The lowest BCUT2D eigenvalue weighted by atomic mass is 9.79. The molecule has 1 nitrogen and oxygen atoms in total. The standard InChI is InChI=1S/C11H20N/c1-9-3-2-4-11(9)10-5-7-12-8-6-10/h9-11H,2-8H2,1H3. The van der Waals surface area contributed by atoms with Gasteiger partial charge in [-0.15, -0.1) is 0 Å². The van der Waals surface area contributed by atoms with Crippen molar-refractivity contribution in [2.24, 2.45) is 17.8 Å². The molecule has 0 aromatic rings. The van der Waals surface area contributed by atoms with E-state index in [4.69, 9.17) is 0 Å². The summed E-state index contributed by atoms with van der Waals surface area (Å²) in [5.74, 6) is 3.09. The molecule has 1 aliphatic heterocycles. The summed E-state index contributed by atoms with van der Waals surface area (Å²) in [6.07, 6.45) is 7.24. The molecule has 12 heavy (non-hydrogen) atoms. The summed E-state index contributed by atoms with van der Waals surface area (Å²) in [7, 11) is 0. The Hall–Kier alpha value is -0.0400. The number of hydrogen-bond donors (Lipinski definition) is 0. The van der Waals surface area contributed by atoms with Crippen LogP contribution in [0.3, 0.4) is 0 Å². The molecule has 2 atom stereocenters. The van der Waals surface area contributed by atoms with Crippen molar-refractivity contribution in [3.8, 4) is 0 Å². The average Bonchev–Trinajstić information content (AvgIpc) is 2.53. The summed E-state index contributed by atoms with van der Waals surface area (Å²) in [6.45, 7) is 4.74. The summed E-state index contributed by atoms with van der Waals surface area (Å²) in [5.41, 5.74) is 0. The van der Waals surface area contributed by atoms with Crippen LogP contribution >= 0.6 is 0 Å². The highest BCUT2D eigenvalue weighted by Crippen LogP contribution is 2.39. The van der Waals surface area contributed by atoms with Crippen LogP contribution < -0.4 is 5.32 Å². The van der Waals surface area contributed by atoms with Gasteiger partial charge in [-0.1, -0.05) is 19.8 Å². The first-order valence-corrected chi connectivity index (χ1v) is 5.51. The van der Waals surface area contributed by atoms with E-state index in [1.54, 1.807) is 0 Å². The van der Waals surface area contributed by atoms with Gasteiger partial charge in [0.05, 0.1) is 0 Å². The van der Waals surface area contributed by atoms with Crippen LogP contribution in [0, 0.1) is 17.8 Å². The molecule has 0 bridgehead atoms. The Morgan fingerprint density at radius 1 is 1.00 bits per heavy atom. The second-order valence-corrected chi connectivity index (χ2v) is 4.58. The van der Waals surface area contributed by atoms with Gasteiger partial charge in [-0.2, -0.15) is 0 Å². The summed E-state index contributed by atoms with van der Waals surface area (Å²) < 4.78 is 0. The SMILES string of the molecule is CC1CCCC1C1CC[N]CC1. The Balaban J connectivity index is 1.89. The first kappa shape index (κ1) is 8.55. The Morgan fingerprint density at radius 2 is 1.75 bits per heavy atom. The Morgan fingerprint density at radius 3 is 2.33 bits per heavy atom. The van der Waals surface area contributed by atoms with Gasteiger partial charge in [0, 0.05) is 13.1 Å². The van der Waals surface area contributed by atoms with Gasteiger partial charge in [-0.25, -0.2) is 5.32 Å². The van der Waals surface area contributed by atoms with E-state index in [-0.39, 0.29) is 0 Å². The molecule has 1 aliphatic carbocycles. The fraction of sp³-hybridized carbons (Fsp3) is 1.00. The molecule has 0 spiro atoms.